The summed E-state index contributed by atoms with van der Waals surface area (Å²) >= 11 is 2.03. The first-order chi connectivity index (χ1) is 8.58. The SMILES string of the molecule is Cc1ccccc1Oc1ccc([N+](=O)[O-])cc1I. The lowest BCUT2D eigenvalue weighted by molar-refractivity contribution is -0.385. The summed E-state index contributed by atoms with van der Waals surface area (Å²) in [5.74, 6) is 1.37. The molecule has 0 N–H and O–H groups in total. The zero-order valence-corrected chi connectivity index (χ0v) is 11.7. The first kappa shape index (κ1) is 12.8. The summed E-state index contributed by atoms with van der Waals surface area (Å²) < 4.78 is 6.46. The highest BCUT2D eigenvalue weighted by Gasteiger charge is 2.11. The van der Waals surface area contributed by atoms with Crippen molar-refractivity contribution in [3.8, 4) is 11.5 Å². The molecule has 0 saturated carbocycles. The summed E-state index contributed by atoms with van der Waals surface area (Å²) in [7, 11) is 0. The van der Waals surface area contributed by atoms with E-state index in [1.165, 1.54) is 12.1 Å². The maximum absolute atomic E-state index is 10.6. The van der Waals surface area contributed by atoms with E-state index in [0.717, 1.165) is 11.3 Å². The molecule has 5 heteroatoms. The normalized spacial score (nSPS) is 10.1. The predicted molar refractivity (Wildman–Crippen MR) is 77.1 cm³/mol. The molecule has 0 aromatic heterocycles. The molecule has 0 aliphatic rings. The highest BCUT2D eigenvalue weighted by molar-refractivity contribution is 14.1. The lowest BCUT2D eigenvalue weighted by atomic mass is 10.2. The van der Waals surface area contributed by atoms with E-state index >= 15 is 0 Å². The van der Waals surface area contributed by atoms with E-state index in [1.807, 2.05) is 53.8 Å². The van der Waals surface area contributed by atoms with Crippen LogP contribution in [0.5, 0.6) is 11.5 Å². The average Bonchev–Trinajstić information content (AvgIpc) is 2.34. The molecule has 4 nitrogen and oxygen atoms in total. The van der Waals surface area contributed by atoms with Crippen LogP contribution in [0, 0.1) is 20.6 Å². The van der Waals surface area contributed by atoms with Crippen LogP contribution >= 0.6 is 22.6 Å². The molecule has 0 spiro atoms. The fourth-order valence-electron chi connectivity index (χ4n) is 1.48. The molecule has 2 aromatic carbocycles. The van der Waals surface area contributed by atoms with Crippen molar-refractivity contribution in [3.63, 3.8) is 0 Å². The number of hydrogen-bond acceptors (Lipinski definition) is 3. The van der Waals surface area contributed by atoms with E-state index < -0.39 is 4.92 Å². The van der Waals surface area contributed by atoms with Crippen LogP contribution < -0.4 is 4.74 Å². The third-order valence-electron chi connectivity index (χ3n) is 2.44. The molecule has 0 atom stereocenters. The number of rotatable bonds is 3. The van der Waals surface area contributed by atoms with Crippen LogP contribution in [0.4, 0.5) is 5.69 Å². The molecule has 0 bridgehead atoms. The number of halogens is 1. The van der Waals surface area contributed by atoms with Gasteiger partial charge in [0, 0.05) is 12.1 Å². The van der Waals surface area contributed by atoms with Gasteiger partial charge in [-0.2, -0.15) is 0 Å². The third-order valence-corrected chi connectivity index (χ3v) is 3.28. The van der Waals surface area contributed by atoms with Crippen LogP contribution in [0.25, 0.3) is 0 Å². The quantitative estimate of drug-likeness (QED) is 0.469. The summed E-state index contributed by atoms with van der Waals surface area (Å²) in [6, 6.07) is 12.2. The number of hydrogen-bond donors (Lipinski definition) is 0. The van der Waals surface area contributed by atoms with Gasteiger partial charge in [0.05, 0.1) is 8.49 Å². The van der Waals surface area contributed by atoms with Gasteiger partial charge in [-0.05, 0) is 47.2 Å². The Morgan fingerprint density at radius 1 is 1.17 bits per heavy atom. The Morgan fingerprint density at radius 2 is 1.89 bits per heavy atom. The molecule has 0 aliphatic heterocycles. The van der Waals surface area contributed by atoms with Crippen molar-refractivity contribution in [2.75, 3.05) is 0 Å². The Kier molecular flexibility index (Phi) is 3.81. The summed E-state index contributed by atoms with van der Waals surface area (Å²) in [4.78, 5) is 10.2. The van der Waals surface area contributed by atoms with Gasteiger partial charge in [-0.1, -0.05) is 18.2 Å². The standard InChI is InChI=1S/C13H10INO3/c1-9-4-2-3-5-12(9)18-13-7-6-10(15(16)17)8-11(13)14/h2-8H,1H3. The fourth-order valence-corrected chi connectivity index (χ4v) is 2.08. The monoisotopic (exact) mass is 355 g/mol. The molecule has 2 rings (SSSR count). The molecule has 2 aromatic rings. The highest BCUT2D eigenvalue weighted by Crippen LogP contribution is 2.31. The number of aryl methyl sites for hydroxylation is 1. The zero-order valence-electron chi connectivity index (χ0n) is 9.59. The Balaban J connectivity index is 2.30. The molecule has 18 heavy (non-hydrogen) atoms. The lowest BCUT2D eigenvalue weighted by Crippen LogP contribution is -1.92. The van der Waals surface area contributed by atoms with Crippen LogP contribution in [0.15, 0.2) is 42.5 Å². The summed E-state index contributed by atoms with van der Waals surface area (Å²) in [6.07, 6.45) is 0. The molecular formula is C13H10INO3. The number of ether oxygens (including phenoxy) is 1. The third kappa shape index (κ3) is 2.79. The second-order valence-corrected chi connectivity index (χ2v) is 4.90. The maximum Gasteiger partial charge on any atom is 0.270 e. The number of benzene rings is 2. The Morgan fingerprint density at radius 3 is 2.50 bits per heavy atom. The summed E-state index contributed by atoms with van der Waals surface area (Å²) in [5, 5.41) is 10.6. The van der Waals surface area contributed by atoms with E-state index in [-0.39, 0.29) is 5.69 Å². The molecule has 92 valence electrons. The van der Waals surface area contributed by atoms with E-state index in [0.29, 0.717) is 9.32 Å². The molecular weight excluding hydrogens is 345 g/mol. The van der Waals surface area contributed by atoms with Crippen molar-refractivity contribution in [3.05, 3.63) is 61.7 Å². The van der Waals surface area contributed by atoms with Gasteiger partial charge in [-0.25, -0.2) is 0 Å². The minimum atomic E-state index is -0.417. The first-order valence-electron chi connectivity index (χ1n) is 5.25. The largest absolute Gasteiger partial charge is 0.456 e. The molecule has 0 radical (unpaired) electrons. The second-order valence-electron chi connectivity index (χ2n) is 3.74. The van der Waals surface area contributed by atoms with Gasteiger partial charge in [0.25, 0.3) is 5.69 Å². The highest BCUT2D eigenvalue weighted by atomic mass is 127. The Bertz CT molecular complexity index is 599. The molecule has 0 aliphatic carbocycles. The number of nitro groups is 1. The number of para-hydroxylation sites is 1. The number of nitrogens with zero attached hydrogens (tertiary/aromatic N) is 1. The van der Waals surface area contributed by atoms with Crippen molar-refractivity contribution in [1.82, 2.24) is 0 Å². The predicted octanol–water partition coefficient (Wildman–Crippen LogP) is 4.30. The smallest absolute Gasteiger partial charge is 0.270 e. The van der Waals surface area contributed by atoms with Crippen LogP contribution in [-0.4, -0.2) is 4.92 Å². The zero-order chi connectivity index (χ0) is 13.1. The Hall–Kier alpha value is -1.63. The molecule has 0 amide bonds. The van der Waals surface area contributed by atoms with Gasteiger partial charge < -0.3 is 4.74 Å². The summed E-state index contributed by atoms with van der Waals surface area (Å²) in [5.41, 5.74) is 1.09. The molecule has 0 fully saturated rings. The van der Waals surface area contributed by atoms with Crippen molar-refractivity contribution >= 4 is 28.3 Å². The topological polar surface area (TPSA) is 52.4 Å². The van der Waals surface area contributed by atoms with Gasteiger partial charge in [-0.15, -0.1) is 0 Å². The summed E-state index contributed by atoms with van der Waals surface area (Å²) in [6.45, 7) is 1.95. The lowest BCUT2D eigenvalue weighted by Gasteiger charge is -2.09. The first-order valence-corrected chi connectivity index (χ1v) is 6.33. The second kappa shape index (κ2) is 5.34. The van der Waals surface area contributed by atoms with E-state index in [9.17, 15) is 10.1 Å². The fraction of sp³-hybridized carbons (Fsp3) is 0.0769. The van der Waals surface area contributed by atoms with Crippen LogP contribution in [0.3, 0.4) is 0 Å². The van der Waals surface area contributed by atoms with Gasteiger partial charge >= 0.3 is 0 Å². The minimum absolute atomic E-state index is 0.0662. The molecule has 0 unspecified atom stereocenters. The van der Waals surface area contributed by atoms with Crippen molar-refractivity contribution in [1.29, 1.82) is 0 Å². The van der Waals surface area contributed by atoms with Crippen LogP contribution in [0.1, 0.15) is 5.56 Å². The maximum atomic E-state index is 10.6. The minimum Gasteiger partial charge on any atom is -0.456 e. The molecule has 0 saturated heterocycles. The van der Waals surface area contributed by atoms with Crippen LogP contribution in [-0.2, 0) is 0 Å². The van der Waals surface area contributed by atoms with Crippen molar-refractivity contribution < 1.29 is 9.66 Å². The van der Waals surface area contributed by atoms with Crippen LogP contribution in [0.2, 0.25) is 0 Å². The number of non-ortho nitro benzene ring substituents is 1. The molecule has 0 heterocycles. The van der Waals surface area contributed by atoms with Gasteiger partial charge in [0.15, 0.2) is 0 Å². The Labute approximate surface area is 118 Å². The van der Waals surface area contributed by atoms with E-state index in [4.69, 9.17) is 4.74 Å². The van der Waals surface area contributed by atoms with Gasteiger partial charge in [0.1, 0.15) is 11.5 Å². The van der Waals surface area contributed by atoms with Crippen molar-refractivity contribution in [2.45, 2.75) is 6.92 Å². The average molecular weight is 355 g/mol. The number of nitro benzene ring substituents is 1. The van der Waals surface area contributed by atoms with Gasteiger partial charge in [0.2, 0.25) is 0 Å². The van der Waals surface area contributed by atoms with E-state index in [1.54, 1.807) is 6.07 Å². The van der Waals surface area contributed by atoms with Crippen molar-refractivity contribution in [2.24, 2.45) is 0 Å². The van der Waals surface area contributed by atoms with Gasteiger partial charge in [-0.3, -0.25) is 10.1 Å². The van der Waals surface area contributed by atoms with E-state index in [2.05, 4.69) is 0 Å².